The summed E-state index contributed by atoms with van der Waals surface area (Å²) in [5, 5.41) is 0. The summed E-state index contributed by atoms with van der Waals surface area (Å²) < 4.78 is 7.00. The number of halogens is 1. The number of carbonyl (C=O) groups excluding carboxylic acids is 2. The minimum Gasteiger partial charge on any atom is -0.462 e. The molecule has 4 rings (SSSR count). The Bertz CT molecular complexity index is 908. The number of aliphatic imine (C=N–C) groups is 1. The standard InChI is InChI=1S/C24H28INO3/c1-14-20(23(28)29-17-9-4-5-10-17)21(15-7-6-8-16(25)11-15)22-18(26-14)12-24(2,3)13-19(22)27/h6-8,11,17,20-21H,4-5,9-10,12-13H2,1-3H3/t20?,21-/m1/s1. The van der Waals surface area contributed by atoms with Gasteiger partial charge in [0.15, 0.2) is 5.78 Å². The Labute approximate surface area is 186 Å². The Hall–Kier alpha value is -1.50. The lowest BCUT2D eigenvalue weighted by molar-refractivity contribution is -0.151. The van der Waals surface area contributed by atoms with Crippen molar-refractivity contribution in [3.05, 3.63) is 44.7 Å². The fraction of sp³-hybridized carbons (Fsp3) is 0.542. The number of carbonyl (C=O) groups is 2. The largest absolute Gasteiger partial charge is 0.462 e. The van der Waals surface area contributed by atoms with Gasteiger partial charge in [-0.2, -0.15) is 0 Å². The van der Waals surface area contributed by atoms with Gasteiger partial charge in [-0.05, 0) is 84.7 Å². The van der Waals surface area contributed by atoms with E-state index in [-0.39, 0.29) is 29.2 Å². The number of benzene rings is 1. The molecule has 0 aromatic heterocycles. The Morgan fingerprint density at radius 3 is 2.62 bits per heavy atom. The van der Waals surface area contributed by atoms with Crippen molar-refractivity contribution in [2.75, 3.05) is 0 Å². The monoisotopic (exact) mass is 505 g/mol. The first-order valence-electron chi connectivity index (χ1n) is 10.5. The van der Waals surface area contributed by atoms with E-state index < -0.39 is 5.92 Å². The maximum absolute atomic E-state index is 13.3. The first-order valence-corrected chi connectivity index (χ1v) is 11.6. The van der Waals surface area contributed by atoms with Crippen LogP contribution in [0, 0.1) is 14.9 Å². The van der Waals surface area contributed by atoms with Gasteiger partial charge in [0.1, 0.15) is 12.0 Å². The maximum Gasteiger partial charge on any atom is 0.315 e. The topological polar surface area (TPSA) is 55.7 Å². The number of esters is 1. The fourth-order valence-corrected chi connectivity index (χ4v) is 5.62. The molecular formula is C24H28INO3. The summed E-state index contributed by atoms with van der Waals surface area (Å²) >= 11 is 2.28. The highest BCUT2D eigenvalue weighted by Gasteiger charge is 2.46. The van der Waals surface area contributed by atoms with E-state index in [2.05, 4.69) is 42.5 Å². The van der Waals surface area contributed by atoms with Gasteiger partial charge >= 0.3 is 5.97 Å². The molecule has 0 saturated heterocycles. The molecule has 4 nitrogen and oxygen atoms in total. The highest BCUT2D eigenvalue weighted by Crippen LogP contribution is 2.48. The summed E-state index contributed by atoms with van der Waals surface area (Å²) in [6.07, 6.45) is 5.34. The van der Waals surface area contributed by atoms with Gasteiger partial charge in [0.2, 0.25) is 0 Å². The second-order valence-electron chi connectivity index (χ2n) is 9.41. The molecule has 2 aliphatic carbocycles. The fourth-order valence-electron chi connectivity index (χ4n) is 5.05. The van der Waals surface area contributed by atoms with Crippen molar-refractivity contribution < 1.29 is 14.3 Å². The van der Waals surface area contributed by atoms with Crippen LogP contribution in [0.15, 0.2) is 40.5 Å². The van der Waals surface area contributed by atoms with Crippen molar-refractivity contribution in [1.29, 1.82) is 0 Å². The average Bonchev–Trinajstić information content (AvgIpc) is 3.12. The summed E-state index contributed by atoms with van der Waals surface area (Å²) in [6, 6.07) is 8.13. The van der Waals surface area contributed by atoms with Gasteiger partial charge in [-0.3, -0.25) is 14.6 Å². The van der Waals surface area contributed by atoms with Gasteiger partial charge in [0.25, 0.3) is 0 Å². The second-order valence-corrected chi connectivity index (χ2v) is 10.7. The Kier molecular flexibility index (Phi) is 5.70. The van der Waals surface area contributed by atoms with Gasteiger partial charge < -0.3 is 4.74 Å². The molecule has 1 aromatic carbocycles. The first kappa shape index (κ1) is 20.8. The number of allylic oxidation sites excluding steroid dienone is 2. The van der Waals surface area contributed by atoms with Crippen LogP contribution < -0.4 is 0 Å². The van der Waals surface area contributed by atoms with Crippen LogP contribution in [0.3, 0.4) is 0 Å². The van der Waals surface area contributed by atoms with Crippen LogP contribution in [0.4, 0.5) is 0 Å². The maximum atomic E-state index is 13.3. The molecule has 0 amide bonds. The molecule has 1 heterocycles. The van der Waals surface area contributed by atoms with Crippen molar-refractivity contribution in [3.63, 3.8) is 0 Å². The molecular weight excluding hydrogens is 477 g/mol. The van der Waals surface area contributed by atoms with E-state index in [1.807, 2.05) is 25.1 Å². The van der Waals surface area contributed by atoms with E-state index in [4.69, 9.17) is 9.73 Å². The third-order valence-electron chi connectivity index (χ3n) is 6.35. The Balaban J connectivity index is 1.78. The SMILES string of the molecule is CC1=NC2=C(C(=O)CC(C)(C)C2)[C@H](c2cccc(I)c2)C1C(=O)OC1CCCC1. The first-order chi connectivity index (χ1) is 13.7. The van der Waals surface area contributed by atoms with Crippen LogP contribution in [0.25, 0.3) is 0 Å². The number of rotatable bonds is 3. The zero-order valence-electron chi connectivity index (χ0n) is 17.3. The Morgan fingerprint density at radius 1 is 1.21 bits per heavy atom. The van der Waals surface area contributed by atoms with Gasteiger partial charge in [-0.25, -0.2) is 0 Å². The van der Waals surface area contributed by atoms with Gasteiger partial charge in [-0.15, -0.1) is 0 Å². The third-order valence-corrected chi connectivity index (χ3v) is 7.02. The second kappa shape index (κ2) is 7.97. The lowest BCUT2D eigenvalue weighted by atomic mass is 9.67. The normalized spacial score (nSPS) is 26.9. The smallest absolute Gasteiger partial charge is 0.315 e. The van der Waals surface area contributed by atoms with E-state index in [0.29, 0.717) is 6.42 Å². The summed E-state index contributed by atoms with van der Waals surface area (Å²) in [7, 11) is 0. The lowest BCUT2D eigenvalue weighted by Crippen LogP contribution is -2.40. The quantitative estimate of drug-likeness (QED) is 0.397. The van der Waals surface area contributed by atoms with Crippen LogP contribution in [0.5, 0.6) is 0 Å². The zero-order chi connectivity index (χ0) is 20.8. The predicted octanol–water partition coefficient (Wildman–Crippen LogP) is 5.59. The molecule has 1 aromatic rings. The lowest BCUT2D eigenvalue weighted by Gasteiger charge is -2.39. The molecule has 0 radical (unpaired) electrons. The van der Waals surface area contributed by atoms with Crippen molar-refractivity contribution in [2.24, 2.45) is 16.3 Å². The van der Waals surface area contributed by atoms with Gasteiger partial charge in [-0.1, -0.05) is 26.0 Å². The van der Waals surface area contributed by atoms with E-state index in [1.165, 1.54) is 0 Å². The van der Waals surface area contributed by atoms with Crippen molar-refractivity contribution in [2.45, 2.75) is 71.3 Å². The molecule has 3 aliphatic rings. The third kappa shape index (κ3) is 4.21. The molecule has 0 spiro atoms. The number of hydrogen-bond acceptors (Lipinski definition) is 4. The van der Waals surface area contributed by atoms with Crippen molar-refractivity contribution >= 4 is 40.1 Å². The number of hydrogen-bond donors (Lipinski definition) is 0. The highest BCUT2D eigenvalue weighted by molar-refractivity contribution is 14.1. The van der Waals surface area contributed by atoms with E-state index in [9.17, 15) is 9.59 Å². The van der Waals surface area contributed by atoms with Crippen LogP contribution in [-0.2, 0) is 14.3 Å². The average molecular weight is 505 g/mol. The molecule has 2 atom stereocenters. The van der Waals surface area contributed by atoms with E-state index in [0.717, 1.165) is 58.2 Å². The molecule has 1 saturated carbocycles. The Morgan fingerprint density at radius 2 is 1.93 bits per heavy atom. The number of nitrogens with zero attached hydrogens (tertiary/aromatic N) is 1. The van der Waals surface area contributed by atoms with Crippen LogP contribution in [0.1, 0.15) is 70.8 Å². The molecule has 1 aliphatic heterocycles. The molecule has 1 fully saturated rings. The van der Waals surface area contributed by atoms with E-state index >= 15 is 0 Å². The van der Waals surface area contributed by atoms with Crippen molar-refractivity contribution in [1.82, 2.24) is 0 Å². The van der Waals surface area contributed by atoms with Gasteiger partial charge in [0, 0.05) is 32.9 Å². The van der Waals surface area contributed by atoms with Gasteiger partial charge in [0.05, 0.1) is 0 Å². The summed E-state index contributed by atoms with van der Waals surface area (Å²) in [4.78, 5) is 31.4. The minimum absolute atomic E-state index is 0.00299. The molecule has 5 heteroatoms. The predicted molar refractivity (Wildman–Crippen MR) is 122 cm³/mol. The molecule has 154 valence electrons. The van der Waals surface area contributed by atoms with Crippen LogP contribution in [-0.4, -0.2) is 23.6 Å². The number of ether oxygens (including phenoxy) is 1. The highest BCUT2D eigenvalue weighted by atomic mass is 127. The van der Waals surface area contributed by atoms with Crippen LogP contribution >= 0.6 is 22.6 Å². The zero-order valence-corrected chi connectivity index (χ0v) is 19.5. The molecule has 1 unspecified atom stereocenters. The van der Waals surface area contributed by atoms with E-state index in [1.54, 1.807) is 0 Å². The molecule has 0 N–H and O–H groups in total. The summed E-state index contributed by atoms with van der Waals surface area (Å²) in [5.41, 5.74) is 3.25. The summed E-state index contributed by atoms with van der Waals surface area (Å²) in [5.74, 6) is -0.950. The van der Waals surface area contributed by atoms with Crippen LogP contribution in [0.2, 0.25) is 0 Å². The molecule has 0 bridgehead atoms. The molecule has 29 heavy (non-hydrogen) atoms. The number of ketones is 1. The minimum atomic E-state index is -0.530. The van der Waals surface area contributed by atoms with Crippen molar-refractivity contribution in [3.8, 4) is 0 Å². The number of Topliss-reactive ketones (excluding diaryl/α,β-unsaturated/α-hetero) is 1. The summed E-state index contributed by atoms with van der Waals surface area (Å²) in [6.45, 7) is 6.14.